The number of hydrogen-bond donors (Lipinski definition) is 1. The van der Waals surface area contributed by atoms with E-state index in [1.165, 1.54) is 22.3 Å². The molecule has 2 aromatic heterocycles. The zero-order valence-corrected chi connectivity index (χ0v) is 18.0. The van der Waals surface area contributed by atoms with Crippen LogP contribution in [0.1, 0.15) is 33.0 Å². The molecule has 1 aliphatic heterocycles. The normalized spacial score (nSPS) is 14.2. The minimum Gasteiger partial charge on any atom is -0.330 e. The molecule has 2 N–H and O–H groups in total. The first-order valence-electron chi connectivity index (χ1n) is 9.48. The number of nitrogens with zero attached hydrogens (tertiary/aromatic N) is 2. The van der Waals surface area contributed by atoms with Gasteiger partial charge in [-0.2, -0.15) is 5.10 Å². The van der Waals surface area contributed by atoms with Crippen molar-refractivity contribution in [3.63, 3.8) is 0 Å². The van der Waals surface area contributed by atoms with Crippen molar-refractivity contribution in [3.8, 4) is 11.3 Å². The monoisotopic (exact) mass is 479 g/mol. The van der Waals surface area contributed by atoms with E-state index in [0.717, 1.165) is 47.2 Å². The second-order valence-corrected chi connectivity index (χ2v) is 9.28. The first-order valence-corrected chi connectivity index (χ1v) is 11.1. The van der Waals surface area contributed by atoms with Crippen LogP contribution in [-0.4, -0.2) is 22.1 Å². The molecular formula is C21H20BrF2N3OS. The fourth-order valence-corrected chi connectivity index (χ4v) is 5.42. The van der Waals surface area contributed by atoms with Gasteiger partial charge in [-0.1, -0.05) is 0 Å². The first kappa shape index (κ1) is 20.4. The van der Waals surface area contributed by atoms with Crippen molar-refractivity contribution >= 4 is 33.0 Å². The van der Waals surface area contributed by atoms with E-state index in [1.807, 2.05) is 10.7 Å². The molecule has 29 heavy (non-hydrogen) atoms. The van der Waals surface area contributed by atoms with Gasteiger partial charge >= 0.3 is 0 Å². The van der Waals surface area contributed by atoms with E-state index in [9.17, 15) is 13.6 Å². The maximum atomic E-state index is 14.0. The molecule has 0 aliphatic carbocycles. The lowest BCUT2D eigenvalue weighted by Gasteiger charge is -2.14. The number of benzene rings is 1. The Morgan fingerprint density at radius 1 is 1.34 bits per heavy atom. The summed E-state index contributed by atoms with van der Waals surface area (Å²) in [6.07, 6.45) is 4.08. The van der Waals surface area contributed by atoms with Crippen molar-refractivity contribution in [3.05, 3.63) is 61.9 Å². The lowest BCUT2D eigenvalue weighted by Crippen LogP contribution is -2.21. The van der Waals surface area contributed by atoms with Gasteiger partial charge in [-0.15, -0.1) is 11.3 Å². The quantitative estimate of drug-likeness (QED) is 0.506. The van der Waals surface area contributed by atoms with E-state index >= 15 is 0 Å². The average molecular weight is 480 g/mol. The van der Waals surface area contributed by atoms with Gasteiger partial charge in [0.05, 0.1) is 21.2 Å². The molecule has 1 atom stereocenters. The van der Waals surface area contributed by atoms with E-state index in [2.05, 4.69) is 21.0 Å². The number of Topliss-reactive ketones (excluding diaryl/α,β-unsaturated/α-hetero) is 1. The second-order valence-electron chi connectivity index (χ2n) is 7.28. The summed E-state index contributed by atoms with van der Waals surface area (Å²) in [5.74, 6) is -1.23. The number of thiophene rings is 1. The second kappa shape index (κ2) is 8.45. The molecule has 3 heterocycles. The number of aryl methyl sites for hydroxylation is 2. The number of carbonyl (C=O) groups excluding carboxylic acids is 1. The van der Waals surface area contributed by atoms with Crippen LogP contribution in [0, 0.1) is 17.6 Å². The standard InChI is InChI=1S/C21H20BrF2N3OS/c22-16-11-26-27-5-1-2-19-15(21(16)27)9-20(29-19)18(28)7-12(10-25)6-13-8-14(23)3-4-17(13)24/h3-4,8-9,11-12H,1-2,5-7,10,25H2/t12-/m1/s1. The summed E-state index contributed by atoms with van der Waals surface area (Å²) in [7, 11) is 0. The third-order valence-electron chi connectivity index (χ3n) is 5.23. The fourth-order valence-electron chi connectivity index (χ4n) is 3.75. The largest absolute Gasteiger partial charge is 0.330 e. The van der Waals surface area contributed by atoms with Gasteiger partial charge in [0.25, 0.3) is 0 Å². The summed E-state index contributed by atoms with van der Waals surface area (Å²) < 4.78 is 30.3. The molecule has 8 heteroatoms. The Balaban J connectivity index is 1.55. The van der Waals surface area contributed by atoms with Gasteiger partial charge in [0.15, 0.2) is 5.78 Å². The van der Waals surface area contributed by atoms with Crippen LogP contribution in [0.3, 0.4) is 0 Å². The highest BCUT2D eigenvalue weighted by Crippen LogP contribution is 2.39. The van der Waals surface area contributed by atoms with Crippen LogP contribution in [0.15, 0.2) is 34.9 Å². The molecule has 0 saturated carbocycles. The van der Waals surface area contributed by atoms with Gasteiger partial charge in [0.1, 0.15) is 11.6 Å². The summed E-state index contributed by atoms with van der Waals surface area (Å²) in [6, 6.07) is 5.30. The van der Waals surface area contributed by atoms with Gasteiger partial charge in [-0.05, 0) is 77.5 Å². The summed E-state index contributed by atoms with van der Waals surface area (Å²) in [5.41, 5.74) is 8.14. The number of rotatable bonds is 6. The Morgan fingerprint density at radius 3 is 2.97 bits per heavy atom. The predicted octanol–water partition coefficient (Wildman–Crippen LogP) is 4.99. The fraction of sp³-hybridized carbons (Fsp3) is 0.333. The number of nitrogens with two attached hydrogens (primary N) is 1. The van der Waals surface area contributed by atoms with Crippen molar-refractivity contribution in [1.29, 1.82) is 0 Å². The van der Waals surface area contributed by atoms with Crippen molar-refractivity contribution < 1.29 is 13.6 Å². The van der Waals surface area contributed by atoms with Crippen LogP contribution in [0.4, 0.5) is 8.78 Å². The molecule has 152 valence electrons. The number of halogens is 3. The molecular weight excluding hydrogens is 460 g/mol. The molecule has 0 bridgehead atoms. The number of carbonyl (C=O) groups is 1. The van der Waals surface area contributed by atoms with Crippen LogP contribution < -0.4 is 5.73 Å². The summed E-state index contributed by atoms with van der Waals surface area (Å²) >= 11 is 5.07. The highest BCUT2D eigenvalue weighted by Gasteiger charge is 2.24. The van der Waals surface area contributed by atoms with Crippen LogP contribution in [0.5, 0.6) is 0 Å². The number of aromatic nitrogens is 2. The Labute approximate surface area is 179 Å². The maximum Gasteiger partial charge on any atom is 0.173 e. The molecule has 0 amide bonds. The molecule has 1 aliphatic rings. The van der Waals surface area contributed by atoms with Crippen LogP contribution >= 0.6 is 27.3 Å². The Kier molecular flexibility index (Phi) is 5.94. The van der Waals surface area contributed by atoms with Gasteiger partial charge < -0.3 is 5.73 Å². The van der Waals surface area contributed by atoms with Crippen molar-refractivity contribution in [2.24, 2.45) is 11.7 Å². The highest BCUT2D eigenvalue weighted by molar-refractivity contribution is 9.10. The topological polar surface area (TPSA) is 60.9 Å². The van der Waals surface area contributed by atoms with E-state index in [0.29, 0.717) is 4.88 Å². The molecule has 4 nitrogen and oxygen atoms in total. The van der Waals surface area contributed by atoms with Crippen molar-refractivity contribution in [2.45, 2.75) is 32.2 Å². The SMILES string of the molecule is NC[C@@H](CC(=O)c1cc2c(s1)CCCn1ncc(Br)c1-2)Cc1cc(F)ccc1F. The molecule has 1 aromatic carbocycles. The van der Waals surface area contributed by atoms with E-state index in [4.69, 9.17) is 5.73 Å². The third kappa shape index (κ3) is 4.20. The highest BCUT2D eigenvalue weighted by atomic mass is 79.9. The predicted molar refractivity (Wildman–Crippen MR) is 113 cm³/mol. The molecule has 3 aromatic rings. The molecule has 0 radical (unpaired) electrons. The van der Waals surface area contributed by atoms with Crippen molar-refractivity contribution in [1.82, 2.24) is 9.78 Å². The number of fused-ring (bicyclic) bond motifs is 3. The van der Waals surface area contributed by atoms with E-state index < -0.39 is 11.6 Å². The molecule has 0 spiro atoms. The number of hydrogen-bond acceptors (Lipinski definition) is 4. The minimum absolute atomic E-state index is 0.0162. The zero-order valence-electron chi connectivity index (χ0n) is 15.6. The van der Waals surface area contributed by atoms with Gasteiger partial charge in [0.2, 0.25) is 0 Å². The first-order chi connectivity index (χ1) is 14.0. The van der Waals surface area contributed by atoms with Crippen LogP contribution in [-0.2, 0) is 19.4 Å². The lowest BCUT2D eigenvalue weighted by atomic mass is 9.93. The van der Waals surface area contributed by atoms with Crippen LogP contribution in [0.2, 0.25) is 0 Å². The summed E-state index contributed by atoms with van der Waals surface area (Å²) in [6.45, 7) is 1.07. The Morgan fingerprint density at radius 2 is 2.17 bits per heavy atom. The minimum atomic E-state index is -0.493. The molecule has 0 unspecified atom stereocenters. The third-order valence-corrected chi connectivity index (χ3v) is 7.05. The molecule has 0 fully saturated rings. The summed E-state index contributed by atoms with van der Waals surface area (Å²) in [5, 5.41) is 4.40. The van der Waals surface area contributed by atoms with Gasteiger partial charge in [-0.25, -0.2) is 8.78 Å². The Hall–Kier alpha value is -1.90. The molecule has 4 rings (SSSR count). The Bertz CT molecular complexity index is 1060. The average Bonchev–Trinajstić information content (AvgIpc) is 3.23. The van der Waals surface area contributed by atoms with E-state index in [1.54, 1.807) is 6.20 Å². The van der Waals surface area contributed by atoms with Crippen LogP contribution in [0.25, 0.3) is 11.3 Å². The lowest BCUT2D eigenvalue weighted by molar-refractivity contribution is 0.0966. The van der Waals surface area contributed by atoms with E-state index in [-0.39, 0.29) is 36.7 Å². The molecule has 0 saturated heterocycles. The summed E-state index contributed by atoms with van der Waals surface area (Å²) in [4.78, 5) is 14.8. The maximum absolute atomic E-state index is 14.0. The van der Waals surface area contributed by atoms with Gasteiger partial charge in [0, 0.05) is 23.4 Å². The van der Waals surface area contributed by atoms with Crippen molar-refractivity contribution in [2.75, 3.05) is 6.54 Å². The smallest absolute Gasteiger partial charge is 0.173 e. The number of ketones is 1. The zero-order chi connectivity index (χ0) is 20.5. The van der Waals surface area contributed by atoms with Gasteiger partial charge in [-0.3, -0.25) is 9.48 Å².